The SMILES string of the molecule is CCC[C@@H](N(NC(=O)c1cccc(OC)c1C)C(=O)c1cc(OC)c(C)c(OC)c1)C(C)(C)C. The lowest BCUT2D eigenvalue weighted by Crippen LogP contribution is -2.56. The highest BCUT2D eigenvalue weighted by molar-refractivity contribution is 6.00. The van der Waals surface area contributed by atoms with Crippen molar-refractivity contribution in [3.8, 4) is 17.2 Å². The number of hydrogen-bond donors (Lipinski definition) is 1. The highest BCUT2D eigenvalue weighted by Crippen LogP contribution is 2.33. The molecule has 2 aromatic rings. The molecular formula is C27H38N2O5. The van der Waals surface area contributed by atoms with Crippen LogP contribution in [0.4, 0.5) is 0 Å². The van der Waals surface area contributed by atoms with E-state index < -0.39 is 0 Å². The van der Waals surface area contributed by atoms with Gasteiger partial charge < -0.3 is 14.2 Å². The minimum absolute atomic E-state index is 0.252. The molecule has 1 atom stereocenters. The van der Waals surface area contributed by atoms with Crippen molar-refractivity contribution in [3.63, 3.8) is 0 Å². The minimum Gasteiger partial charge on any atom is -0.496 e. The lowest BCUT2D eigenvalue weighted by Gasteiger charge is -2.40. The highest BCUT2D eigenvalue weighted by atomic mass is 16.5. The van der Waals surface area contributed by atoms with Gasteiger partial charge >= 0.3 is 0 Å². The molecule has 34 heavy (non-hydrogen) atoms. The predicted octanol–water partition coefficient (Wildman–Crippen LogP) is 5.33. The molecule has 2 amide bonds. The molecule has 0 aliphatic heterocycles. The quantitative estimate of drug-likeness (QED) is 0.528. The molecule has 0 radical (unpaired) electrons. The first-order valence-corrected chi connectivity index (χ1v) is 11.5. The first-order valence-electron chi connectivity index (χ1n) is 11.5. The molecule has 0 saturated carbocycles. The van der Waals surface area contributed by atoms with Gasteiger partial charge in [-0.1, -0.05) is 40.2 Å². The fourth-order valence-corrected chi connectivity index (χ4v) is 4.09. The van der Waals surface area contributed by atoms with Gasteiger partial charge in [0, 0.05) is 22.3 Å². The normalized spacial score (nSPS) is 12.0. The summed E-state index contributed by atoms with van der Waals surface area (Å²) < 4.78 is 16.3. The number of hydrazine groups is 1. The molecule has 0 unspecified atom stereocenters. The molecule has 2 rings (SSSR count). The van der Waals surface area contributed by atoms with Crippen LogP contribution in [-0.4, -0.2) is 44.2 Å². The van der Waals surface area contributed by atoms with Crippen molar-refractivity contribution >= 4 is 11.8 Å². The number of rotatable bonds is 8. The highest BCUT2D eigenvalue weighted by Gasteiger charge is 2.35. The van der Waals surface area contributed by atoms with Gasteiger partial charge in [-0.15, -0.1) is 0 Å². The zero-order valence-electron chi connectivity index (χ0n) is 21.9. The summed E-state index contributed by atoms with van der Waals surface area (Å²) in [5.74, 6) is 0.986. The first kappa shape index (κ1) is 27.0. The van der Waals surface area contributed by atoms with E-state index in [1.54, 1.807) is 51.7 Å². The number of methoxy groups -OCH3 is 3. The standard InChI is InChI=1S/C27H38N2O5/c1-10-12-24(27(4,5)6)29(28-25(30)20-13-11-14-21(32-7)17(20)2)26(31)19-15-22(33-8)18(3)23(16-19)34-9/h11,13-16,24H,10,12H2,1-9H3,(H,28,30)/t24-/m1/s1. The number of nitrogens with one attached hydrogen (secondary N) is 1. The Bertz CT molecular complexity index is 1000. The average Bonchev–Trinajstić information content (AvgIpc) is 2.80. The summed E-state index contributed by atoms with van der Waals surface area (Å²) in [7, 11) is 4.67. The van der Waals surface area contributed by atoms with Gasteiger partial charge in [-0.05, 0) is 49.9 Å². The maximum Gasteiger partial charge on any atom is 0.272 e. The fourth-order valence-electron chi connectivity index (χ4n) is 4.09. The van der Waals surface area contributed by atoms with E-state index in [4.69, 9.17) is 14.2 Å². The molecule has 0 saturated heterocycles. The van der Waals surface area contributed by atoms with Crippen LogP contribution in [0, 0.1) is 19.3 Å². The number of ether oxygens (including phenoxy) is 3. The summed E-state index contributed by atoms with van der Waals surface area (Å²) in [6, 6.07) is 8.40. The van der Waals surface area contributed by atoms with Gasteiger partial charge in [0.15, 0.2) is 0 Å². The Hall–Kier alpha value is -3.22. The molecule has 0 aliphatic carbocycles. The summed E-state index contributed by atoms with van der Waals surface area (Å²) in [6.45, 7) is 11.9. The third-order valence-corrected chi connectivity index (χ3v) is 6.06. The summed E-state index contributed by atoms with van der Waals surface area (Å²) >= 11 is 0. The Morgan fingerprint density at radius 1 is 0.941 bits per heavy atom. The molecule has 0 spiro atoms. The Balaban J connectivity index is 2.59. The van der Waals surface area contributed by atoms with Gasteiger partial charge in [-0.25, -0.2) is 5.01 Å². The van der Waals surface area contributed by atoms with Gasteiger partial charge in [0.2, 0.25) is 0 Å². The lowest BCUT2D eigenvalue weighted by molar-refractivity contribution is 0.0270. The van der Waals surface area contributed by atoms with E-state index in [1.165, 1.54) is 5.01 Å². The zero-order chi connectivity index (χ0) is 25.6. The maximum atomic E-state index is 13.9. The number of carbonyl (C=O) groups is 2. The molecule has 0 heterocycles. The molecule has 0 aromatic heterocycles. The number of carbonyl (C=O) groups excluding carboxylic acids is 2. The van der Waals surface area contributed by atoms with Crippen LogP contribution in [0.2, 0.25) is 0 Å². The molecule has 7 heteroatoms. The molecule has 1 N–H and O–H groups in total. The second-order valence-electron chi connectivity index (χ2n) is 9.43. The third-order valence-electron chi connectivity index (χ3n) is 6.06. The van der Waals surface area contributed by atoms with Gasteiger partial charge in [-0.3, -0.25) is 15.0 Å². The first-order chi connectivity index (χ1) is 16.0. The monoisotopic (exact) mass is 470 g/mol. The van der Waals surface area contributed by atoms with Gasteiger partial charge in [-0.2, -0.15) is 0 Å². The Kier molecular flexibility index (Phi) is 8.96. The molecule has 0 bridgehead atoms. The second-order valence-corrected chi connectivity index (χ2v) is 9.43. The van der Waals surface area contributed by atoms with Crippen LogP contribution in [0.5, 0.6) is 17.2 Å². The van der Waals surface area contributed by atoms with Crippen molar-refractivity contribution < 1.29 is 23.8 Å². The van der Waals surface area contributed by atoms with Crippen molar-refractivity contribution in [1.29, 1.82) is 0 Å². The van der Waals surface area contributed by atoms with E-state index in [-0.39, 0.29) is 23.3 Å². The van der Waals surface area contributed by atoms with Crippen LogP contribution >= 0.6 is 0 Å². The van der Waals surface area contributed by atoms with Crippen LogP contribution in [0.15, 0.2) is 30.3 Å². The van der Waals surface area contributed by atoms with Crippen LogP contribution in [0.25, 0.3) is 0 Å². The van der Waals surface area contributed by atoms with Gasteiger partial charge in [0.05, 0.1) is 27.4 Å². The van der Waals surface area contributed by atoms with E-state index >= 15 is 0 Å². The minimum atomic E-state index is -0.374. The summed E-state index contributed by atoms with van der Waals surface area (Å²) in [5.41, 5.74) is 4.94. The van der Waals surface area contributed by atoms with Crippen molar-refractivity contribution in [2.45, 2.75) is 60.4 Å². The number of nitrogens with zero attached hydrogens (tertiary/aromatic N) is 1. The topological polar surface area (TPSA) is 77.1 Å². The fraction of sp³-hybridized carbons (Fsp3) is 0.481. The zero-order valence-corrected chi connectivity index (χ0v) is 21.9. The maximum absolute atomic E-state index is 13.9. The number of amides is 2. The summed E-state index contributed by atoms with van der Waals surface area (Å²) in [5, 5.41) is 1.47. The number of hydrogen-bond acceptors (Lipinski definition) is 5. The molecule has 0 aliphatic rings. The van der Waals surface area contributed by atoms with Crippen molar-refractivity contribution in [2.24, 2.45) is 5.41 Å². The van der Waals surface area contributed by atoms with Crippen molar-refractivity contribution in [3.05, 3.63) is 52.6 Å². The largest absolute Gasteiger partial charge is 0.496 e. The molecular weight excluding hydrogens is 432 g/mol. The van der Waals surface area contributed by atoms with Gasteiger partial charge in [0.25, 0.3) is 11.8 Å². The van der Waals surface area contributed by atoms with E-state index in [0.717, 1.165) is 12.0 Å². The summed E-state index contributed by atoms with van der Waals surface area (Å²) in [4.78, 5) is 27.3. The predicted molar refractivity (Wildman–Crippen MR) is 134 cm³/mol. The van der Waals surface area contributed by atoms with Gasteiger partial charge in [0.1, 0.15) is 17.2 Å². The smallest absolute Gasteiger partial charge is 0.272 e. The Morgan fingerprint density at radius 3 is 1.97 bits per heavy atom. The summed E-state index contributed by atoms with van der Waals surface area (Å²) in [6.07, 6.45) is 1.56. The van der Waals surface area contributed by atoms with E-state index in [0.29, 0.717) is 40.4 Å². The van der Waals surface area contributed by atoms with E-state index in [9.17, 15) is 9.59 Å². The van der Waals surface area contributed by atoms with Crippen LogP contribution in [0.1, 0.15) is 72.4 Å². The Morgan fingerprint density at radius 2 is 1.50 bits per heavy atom. The number of benzene rings is 2. The molecule has 2 aromatic carbocycles. The lowest BCUT2D eigenvalue weighted by atomic mass is 9.83. The van der Waals surface area contributed by atoms with Crippen LogP contribution < -0.4 is 19.6 Å². The third kappa shape index (κ3) is 5.82. The Labute approximate surface area is 203 Å². The van der Waals surface area contributed by atoms with E-state index in [1.807, 2.05) is 13.8 Å². The van der Waals surface area contributed by atoms with Crippen LogP contribution in [0.3, 0.4) is 0 Å². The molecule has 0 fully saturated rings. The second kappa shape index (κ2) is 11.3. The van der Waals surface area contributed by atoms with E-state index in [2.05, 4.69) is 33.1 Å². The molecule has 7 nitrogen and oxygen atoms in total. The van der Waals surface area contributed by atoms with Crippen molar-refractivity contribution in [2.75, 3.05) is 21.3 Å². The van der Waals surface area contributed by atoms with Crippen molar-refractivity contribution in [1.82, 2.24) is 10.4 Å². The average molecular weight is 471 g/mol. The molecule has 186 valence electrons. The van der Waals surface area contributed by atoms with Crippen LogP contribution in [-0.2, 0) is 0 Å².